The highest BCUT2D eigenvalue weighted by molar-refractivity contribution is 5.90. The number of ether oxygens (including phenoxy) is 1. The van der Waals surface area contributed by atoms with Crippen LogP contribution in [0.2, 0.25) is 0 Å². The van der Waals surface area contributed by atoms with Crippen molar-refractivity contribution in [3.05, 3.63) is 47.5 Å². The van der Waals surface area contributed by atoms with Crippen molar-refractivity contribution in [3.63, 3.8) is 0 Å². The molecule has 3 atom stereocenters. The van der Waals surface area contributed by atoms with E-state index in [9.17, 15) is 19.8 Å². The highest BCUT2D eigenvalue weighted by atomic mass is 16.5. The third-order valence-electron chi connectivity index (χ3n) is 4.67. The summed E-state index contributed by atoms with van der Waals surface area (Å²) in [6.07, 6.45) is 0.381. The highest BCUT2D eigenvalue weighted by Crippen LogP contribution is 2.35. The molecule has 148 valence electrons. The first-order valence-electron chi connectivity index (χ1n) is 8.99. The third kappa shape index (κ3) is 4.01. The molecule has 0 saturated carbocycles. The van der Waals surface area contributed by atoms with E-state index >= 15 is 0 Å². The first-order chi connectivity index (χ1) is 13.3. The predicted octanol–water partition coefficient (Wildman–Crippen LogP) is 1.98. The molecule has 1 heterocycles. The minimum atomic E-state index is -1.05. The van der Waals surface area contributed by atoms with Crippen molar-refractivity contribution in [2.45, 2.75) is 38.4 Å². The van der Waals surface area contributed by atoms with Gasteiger partial charge in [0.1, 0.15) is 23.6 Å². The van der Waals surface area contributed by atoms with Crippen LogP contribution < -0.4 is 21.1 Å². The van der Waals surface area contributed by atoms with Gasteiger partial charge in [-0.2, -0.15) is 0 Å². The van der Waals surface area contributed by atoms with Crippen LogP contribution in [0.3, 0.4) is 0 Å². The van der Waals surface area contributed by atoms with Crippen molar-refractivity contribution in [2.75, 3.05) is 0 Å². The van der Waals surface area contributed by atoms with Crippen molar-refractivity contribution in [3.8, 4) is 23.0 Å². The third-order valence-corrected chi connectivity index (χ3v) is 4.67. The minimum Gasteiger partial charge on any atom is -0.508 e. The Bertz CT molecular complexity index is 915. The molecule has 2 aromatic rings. The van der Waals surface area contributed by atoms with Crippen LogP contribution >= 0.6 is 0 Å². The standard InChI is InChI=1S/C20H23N3O5/c1-3-15-19(26)22-10(2)12-6-13(24)9-14(7-12)28-17-8-11(4-5-16(17)25)18(21)20(27)23-15/h4-10,15,18,24-25H,3,21H2,1-2H3,(H,22,26)(H,23,27). The second-order valence-electron chi connectivity index (χ2n) is 6.77. The van der Waals surface area contributed by atoms with Crippen LogP contribution in [-0.2, 0) is 9.59 Å². The van der Waals surface area contributed by atoms with Crippen molar-refractivity contribution in [1.29, 1.82) is 0 Å². The van der Waals surface area contributed by atoms with Crippen LogP contribution in [0.25, 0.3) is 0 Å². The monoisotopic (exact) mass is 385 g/mol. The van der Waals surface area contributed by atoms with Crippen LogP contribution in [0.1, 0.15) is 43.5 Å². The number of amides is 2. The molecule has 1 aliphatic rings. The maximum absolute atomic E-state index is 12.6. The Morgan fingerprint density at radius 1 is 1.04 bits per heavy atom. The molecule has 28 heavy (non-hydrogen) atoms. The fourth-order valence-corrected chi connectivity index (χ4v) is 3.01. The van der Waals surface area contributed by atoms with Crippen molar-refractivity contribution < 1.29 is 24.5 Å². The van der Waals surface area contributed by atoms with Crippen LogP contribution in [0.15, 0.2) is 36.4 Å². The van der Waals surface area contributed by atoms with Crippen molar-refractivity contribution >= 4 is 11.8 Å². The second kappa shape index (κ2) is 7.77. The van der Waals surface area contributed by atoms with Crippen molar-refractivity contribution in [2.24, 2.45) is 5.73 Å². The van der Waals surface area contributed by atoms with E-state index in [-0.39, 0.29) is 28.9 Å². The lowest BCUT2D eigenvalue weighted by atomic mass is 10.0. The molecule has 0 fully saturated rings. The van der Waals surface area contributed by atoms with Gasteiger partial charge in [0.15, 0.2) is 11.5 Å². The van der Waals surface area contributed by atoms with E-state index in [0.29, 0.717) is 17.5 Å². The summed E-state index contributed by atoms with van der Waals surface area (Å²) in [5.41, 5.74) is 7.05. The number of nitrogens with one attached hydrogen (secondary N) is 2. The number of phenols is 2. The number of aromatic hydroxyl groups is 2. The number of nitrogens with two attached hydrogens (primary N) is 1. The molecular formula is C20H23N3O5. The van der Waals surface area contributed by atoms with Gasteiger partial charge in [-0.05, 0) is 48.7 Å². The number of hydrogen-bond donors (Lipinski definition) is 5. The van der Waals surface area contributed by atoms with Crippen LogP contribution in [-0.4, -0.2) is 28.1 Å². The van der Waals surface area contributed by atoms with Gasteiger partial charge in [-0.15, -0.1) is 0 Å². The Hall–Kier alpha value is -3.26. The summed E-state index contributed by atoms with van der Waals surface area (Å²) in [5, 5.41) is 25.6. The molecule has 0 aromatic heterocycles. The van der Waals surface area contributed by atoms with E-state index in [2.05, 4.69) is 10.6 Å². The van der Waals surface area contributed by atoms with Gasteiger partial charge in [-0.25, -0.2) is 0 Å². The molecule has 3 rings (SSSR count). The average molecular weight is 385 g/mol. The molecule has 0 spiro atoms. The Balaban J connectivity index is 2.10. The molecular weight excluding hydrogens is 362 g/mol. The molecule has 2 amide bonds. The van der Waals surface area contributed by atoms with Gasteiger partial charge >= 0.3 is 0 Å². The Kier molecular flexibility index (Phi) is 5.41. The lowest BCUT2D eigenvalue weighted by Crippen LogP contribution is -2.49. The molecule has 3 unspecified atom stereocenters. The maximum Gasteiger partial charge on any atom is 0.243 e. The molecule has 4 bridgehead atoms. The molecule has 8 nitrogen and oxygen atoms in total. The fraction of sp³-hybridized carbons (Fsp3) is 0.300. The Morgan fingerprint density at radius 2 is 1.79 bits per heavy atom. The van der Waals surface area contributed by atoms with E-state index in [1.807, 2.05) is 0 Å². The Labute approximate surface area is 162 Å². The minimum absolute atomic E-state index is 0.0478. The highest BCUT2D eigenvalue weighted by Gasteiger charge is 2.26. The number of rotatable bonds is 1. The largest absolute Gasteiger partial charge is 0.508 e. The van der Waals surface area contributed by atoms with E-state index in [4.69, 9.17) is 10.5 Å². The zero-order chi connectivity index (χ0) is 20.4. The first kappa shape index (κ1) is 19.5. The van der Waals surface area contributed by atoms with Gasteiger partial charge in [0.25, 0.3) is 0 Å². The molecule has 2 aromatic carbocycles. The van der Waals surface area contributed by atoms with Gasteiger partial charge in [-0.1, -0.05) is 13.0 Å². The number of carbonyl (C=O) groups excluding carboxylic acids is 2. The SMILES string of the molecule is CCC1NC(=O)C(N)c2ccc(O)c(c2)Oc2cc(O)cc(c2)C(C)NC1=O. The van der Waals surface area contributed by atoms with E-state index in [0.717, 1.165) is 0 Å². The quantitative estimate of drug-likeness (QED) is 0.510. The lowest BCUT2D eigenvalue weighted by molar-refractivity contribution is -0.130. The van der Waals surface area contributed by atoms with Crippen LogP contribution in [0.5, 0.6) is 23.0 Å². The number of benzene rings is 2. The van der Waals surface area contributed by atoms with Crippen LogP contribution in [0.4, 0.5) is 0 Å². The fourth-order valence-electron chi connectivity index (χ4n) is 3.01. The maximum atomic E-state index is 12.6. The summed E-state index contributed by atoms with van der Waals surface area (Å²) in [5.74, 6) is -0.692. The van der Waals surface area contributed by atoms with Gasteiger partial charge < -0.3 is 31.3 Å². The molecule has 0 radical (unpaired) electrons. The van der Waals surface area contributed by atoms with Gasteiger partial charge in [0.05, 0.1) is 6.04 Å². The second-order valence-corrected chi connectivity index (χ2v) is 6.77. The first-order valence-corrected chi connectivity index (χ1v) is 8.99. The van der Waals surface area contributed by atoms with E-state index in [1.54, 1.807) is 19.9 Å². The van der Waals surface area contributed by atoms with Crippen LogP contribution in [0, 0.1) is 0 Å². The zero-order valence-electron chi connectivity index (χ0n) is 15.6. The summed E-state index contributed by atoms with van der Waals surface area (Å²) in [6, 6.07) is 6.63. The van der Waals surface area contributed by atoms with E-state index in [1.165, 1.54) is 30.3 Å². The van der Waals surface area contributed by atoms with E-state index < -0.39 is 24.0 Å². The summed E-state index contributed by atoms with van der Waals surface area (Å²) in [7, 11) is 0. The molecule has 1 aliphatic heterocycles. The van der Waals surface area contributed by atoms with Gasteiger partial charge in [0.2, 0.25) is 11.8 Å². The predicted molar refractivity (Wildman–Crippen MR) is 102 cm³/mol. The topological polar surface area (TPSA) is 134 Å². The number of hydrogen-bond acceptors (Lipinski definition) is 6. The number of fused-ring (bicyclic) bond motifs is 4. The molecule has 6 N–H and O–H groups in total. The Morgan fingerprint density at radius 3 is 2.50 bits per heavy atom. The summed E-state index contributed by atoms with van der Waals surface area (Å²) < 4.78 is 5.71. The molecule has 0 saturated heterocycles. The van der Waals surface area contributed by atoms with Gasteiger partial charge in [0, 0.05) is 6.07 Å². The van der Waals surface area contributed by atoms with Crippen molar-refractivity contribution in [1.82, 2.24) is 10.6 Å². The number of phenolic OH excluding ortho intramolecular Hbond substituents is 2. The molecule has 0 aliphatic carbocycles. The van der Waals surface area contributed by atoms with Gasteiger partial charge in [-0.3, -0.25) is 9.59 Å². The molecule has 8 heteroatoms. The smallest absolute Gasteiger partial charge is 0.243 e. The average Bonchev–Trinajstić information content (AvgIpc) is 2.65. The normalized spacial score (nSPS) is 22.5. The number of carbonyl (C=O) groups is 2. The summed E-state index contributed by atoms with van der Waals surface area (Å²) in [4.78, 5) is 25.1. The zero-order valence-corrected chi connectivity index (χ0v) is 15.6. The summed E-state index contributed by atoms with van der Waals surface area (Å²) >= 11 is 0. The summed E-state index contributed by atoms with van der Waals surface area (Å²) in [6.45, 7) is 3.53. The lowest BCUT2D eigenvalue weighted by Gasteiger charge is -2.23.